The highest BCUT2D eigenvalue weighted by Gasteiger charge is 2.17. The first-order chi connectivity index (χ1) is 10.7. The van der Waals surface area contributed by atoms with Gasteiger partial charge in [-0.2, -0.15) is 0 Å². The van der Waals surface area contributed by atoms with Crippen LogP contribution in [0.3, 0.4) is 0 Å². The summed E-state index contributed by atoms with van der Waals surface area (Å²) in [6.07, 6.45) is 3.04. The average molecular weight is 298 g/mol. The molecule has 22 heavy (non-hydrogen) atoms. The number of nitrogens with one attached hydrogen (secondary N) is 2. The molecule has 2 amide bonds. The average Bonchev–Trinajstić information content (AvgIpc) is 2.54. The lowest BCUT2D eigenvalue weighted by Crippen LogP contribution is -2.45. The van der Waals surface area contributed by atoms with E-state index in [1.165, 1.54) is 5.39 Å². The van der Waals surface area contributed by atoms with E-state index in [2.05, 4.69) is 29.7 Å². The molecule has 0 bridgehead atoms. The van der Waals surface area contributed by atoms with Crippen LogP contribution in [0.4, 0.5) is 0 Å². The molecule has 0 aromatic heterocycles. The van der Waals surface area contributed by atoms with Gasteiger partial charge in [0.05, 0.1) is 0 Å². The number of unbranched alkanes of at least 4 members (excludes halogenated alkanes) is 1. The molecule has 0 spiro atoms. The summed E-state index contributed by atoms with van der Waals surface area (Å²) in [7, 11) is 0. The lowest BCUT2D eigenvalue weighted by Gasteiger charge is -2.16. The van der Waals surface area contributed by atoms with Crippen molar-refractivity contribution in [3.63, 3.8) is 0 Å². The van der Waals surface area contributed by atoms with E-state index in [-0.39, 0.29) is 5.91 Å². The number of fused-ring (bicyclic) bond motifs is 1. The Kier molecular flexibility index (Phi) is 5.95. The lowest BCUT2D eigenvalue weighted by molar-refractivity contribution is -0.125. The van der Waals surface area contributed by atoms with Gasteiger partial charge < -0.3 is 10.6 Å². The molecule has 0 fully saturated rings. The fourth-order valence-corrected chi connectivity index (χ4v) is 2.42. The third-order valence-electron chi connectivity index (χ3n) is 3.67. The van der Waals surface area contributed by atoms with Crippen molar-refractivity contribution in [1.29, 1.82) is 0 Å². The van der Waals surface area contributed by atoms with Crippen LogP contribution >= 0.6 is 0 Å². The van der Waals surface area contributed by atoms with Gasteiger partial charge >= 0.3 is 0 Å². The number of hydrogen-bond acceptors (Lipinski definition) is 2. The fourth-order valence-electron chi connectivity index (χ4n) is 2.42. The summed E-state index contributed by atoms with van der Waals surface area (Å²) in [5, 5.41) is 7.78. The topological polar surface area (TPSA) is 58.2 Å². The number of rotatable bonds is 8. The third kappa shape index (κ3) is 4.32. The Bertz CT molecular complexity index is 640. The van der Waals surface area contributed by atoms with Crippen LogP contribution in [-0.4, -0.2) is 24.9 Å². The van der Waals surface area contributed by atoms with E-state index in [9.17, 15) is 9.59 Å². The largest absolute Gasteiger partial charge is 0.354 e. The quantitative estimate of drug-likeness (QED) is 0.581. The van der Waals surface area contributed by atoms with Crippen LogP contribution in [0, 0.1) is 0 Å². The smallest absolute Gasteiger partial charge is 0.242 e. The summed E-state index contributed by atoms with van der Waals surface area (Å²) in [4.78, 5) is 22.9. The molecule has 2 N–H and O–H groups in total. The molecule has 116 valence electrons. The van der Waals surface area contributed by atoms with E-state index in [0.717, 1.165) is 23.8 Å². The summed E-state index contributed by atoms with van der Waals surface area (Å²) in [5.41, 5.74) is 1.03. The Balaban J connectivity index is 2.08. The van der Waals surface area contributed by atoms with Gasteiger partial charge in [-0.15, -0.1) is 0 Å². The SMILES string of the molecule is CCCCNC(=O)C(Cc1ccc2ccccc2c1)NC=O. The van der Waals surface area contributed by atoms with Crippen LogP contribution < -0.4 is 10.6 Å². The maximum Gasteiger partial charge on any atom is 0.242 e. The Morgan fingerprint density at radius 1 is 1.18 bits per heavy atom. The zero-order valence-corrected chi connectivity index (χ0v) is 12.8. The van der Waals surface area contributed by atoms with Gasteiger partial charge in [0.2, 0.25) is 12.3 Å². The molecule has 0 aliphatic heterocycles. The van der Waals surface area contributed by atoms with E-state index in [1.807, 2.05) is 30.3 Å². The van der Waals surface area contributed by atoms with Gasteiger partial charge in [-0.25, -0.2) is 0 Å². The molecule has 4 nitrogen and oxygen atoms in total. The highest BCUT2D eigenvalue weighted by atomic mass is 16.2. The molecule has 0 heterocycles. The molecule has 0 saturated heterocycles. The predicted molar refractivity (Wildman–Crippen MR) is 88.6 cm³/mol. The van der Waals surface area contributed by atoms with Crippen molar-refractivity contribution in [2.24, 2.45) is 0 Å². The standard InChI is InChI=1S/C18H22N2O2/c1-2-3-10-19-18(22)17(20-13-21)12-14-8-9-15-6-4-5-7-16(15)11-14/h4-9,11,13,17H,2-3,10,12H2,1H3,(H,19,22)(H,20,21). The van der Waals surface area contributed by atoms with Gasteiger partial charge in [-0.3, -0.25) is 9.59 Å². The molecule has 2 aromatic carbocycles. The van der Waals surface area contributed by atoms with Crippen LogP contribution in [0.25, 0.3) is 10.8 Å². The van der Waals surface area contributed by atoms with Crippen molar-refractivity contribution >= 4 is 23.1 Å². The van der Waals surface area contributed by atoms with E-state index in [4.69, 9.17) is 0 Å². The third-order valence-corrected chi connectivity index (χ3v) is 3.67. The number of amides is 2. The zero-order valence-electron chi connectivity index (χ0n) is 12.8. The second-order valence-electron chi connectivity index (χ2n) is 5.37. The second-order valence-corrected chi connectivity index (χ2v) is 5.37. The number of hydrogen-bond donors (Lipinski definition) is 2. The summed E-state index contributed by atoms with van der Waals surface area (Å²) in [6, 6.07) is 13.7. The van der Waals surface area contributed by atoms with E-state index >= 15 is 0 Å². The first-order valence-electron chi connectivity index (χ1n) is 7.69. The second kappa shape index (κ2) is 8.17. The van der Waals surface area contributed by atoms with Crippen LogP contribution in [0.15, 0.2) is 42.5 Å². The number of carbonyl (C=O) groups is 2. The lowest BCUT2D eigenvalue weighted by atomic mass is 10.0. The van der Waals surface area contributed by atoms with Crippen molar-refractivity contribution in [2.45, 2.75) is 32.2 Å². The van der Waals surface area contributed by atoms with E-state index < -0.39 is 6.04 Å². The Morgan fingerprint density at radius 3 is 2.68 bits per heavy atom. The van der Waals surface area contributed by atoms with Gasteiger partial charge in [0, 0.05) is 13.0 Å². The summed E-state index contributed by atoms with van der Waals surface area (Å²) in [5.74, 6) is -0.131. The molecule has 1 atom stereocenters. The molecule has 0 radical (unpaired) electrons. The Hall–Kier alpha value is -2.36. The van der Waals surface area contributed by atoms with Crippen molar-refractivity contribution in [2.75, 3.05) is 6.54 Å². The molecule has 0 aliphatic rings. The molecule has 0 aliphatic carbocycles. The van der Waals surface area contributed by atoms with Gasteiger partial charge in [0.25, 0.3) is 0 Å². The van der Waals surface area contributed by atoms with Gasteiger partial charge in [0.1, 0.15) is 6.04 Å². The first kappa shape index (κ1) is 16.0. The van der Waals surface area contributed by atoms with Crippen LogP contribution in [0.5, 0.6) is 0 Å². The Morgan fingerprint density at radius 2 is 1.95 bits per heavy atom. The van der Waals surface area contributed by atoms with Gasteiger partial charge in [0.15, 0.2) is 0 Å². The number of carbonyl (C=O) groups excluding carboxylic acids is 2. The molecular formula is C18H22N2O2. The van der Waals surface area contributed by atoms with Crippen molar-refractivity contribution in [3.05, 3.63) is 48.0 Å². The van der Waals surface area contributed by atoms with Crippen molar-refractivity contribution in [1.82, 2.24) is 10.6 Å². The molecule has 2 rings (SSSR count). The minimum absolute atomic E-state index is 0.131. The fraction of sp³-hybridized carbons (Fsp3) is 0.333. The van der Waals surface area contributed by atoms with E-state index in [0.29, 0.717) is 19.4 Å². The maximum absolute atomic E-state index is 12.1. The van der Waals surface area contributed by atoms with Crippen LogP contribution in [0.1, 0.15) is 25.3 Å². The number of benzene rings is 2. The predicted octanol–water partition coefficient (Wildman–Crippen LogP) is 2.41. The maximum atomic E-state index is 12.1. The molecule has 1 unspecified atom stereocenters. The first-order valence-corrected chi connectivity index (χ1v) is 7.69. The molecule has 4 heteroatoms. The van der Waals surface area contributed by atoms with Crippen molar-refractivity contribution in [3.8, 4) is 0 Å². The highest BCUT2D eigenvalue weighted by Crippen LogP contribution is 2.16. The summed E-state index contributed by atoms with van der Waals surface area (Å²) < 4.78 is 0. The van der Waals surface area contributed by atoms with Crippen molar-refractivity contribution < 1.29 is 9.59 Å². The van der Waals surface area contributed by atoms with Gasteiger partial charge in [-0.1, -0.05) is 55.8 Å². The van der Waals surface area contributed by atoms with Gasteiger partial charge in [-0.05, 0) is 22.8 Å². The normalized spacial score (nSPS) is 11.9. The minimum Gasteiger partial charge on any atom is -0.354 e. The van der Waals surface area contributed by atoms with Crippen LogP contribution in [-0.2, 0) is 16.0 Å². The monoisotopic (exact) mass is 298 g/mol. The summed E-state index contributed by atoms with van der Waals surface area (Å²) in [6.45, 7) is 2.71. The zero-order chi connectivity index (χ0) is 15.8. The molecule has 2 aromatic rings. The molecular weight excluding hydrogens is 276 g/mol. The van der Waals surface area contributed by atoms with E-state index in [1.54, 1.807) is 0 Å². The highest BCUT2D eigenvalue weighted by molar-refractivity contribution is 5.85. The minimum atomic E-state index is -0.532. The summed E-state index contributed by atoms with van der Waals surface area (Å²) >= 11 is 0. The Labute approximate surface area is 130 Å². The van der Waals surface area contributed by atoms with Crippen LogP contribution in [0.2, 0.25) is 0 Å². The molecule has 0 saturated carbocycles.